The van der Waals surface area contributed by atoms with E-state index in [0.29, 0.717) is 6.42 Å². The van der Waals surface area contributed by atoms with Crippen LogP contribution in [0.15, 0.2) is 53.4 Å². The lowest BCUT2D eigenvalue weighted by atomic mass is 10.0. The van der Waals surface area contributed by atoms with Gasteiger partial charge in [0.25, 0.3) is 0 Å². The van der Waals surface area contributed by atoms with Crippen LogP contribution in [-0.4, -0.2) is 41.8 Å². The summed E-state index contributed by atoms with van der Waals surface area (Å²) in [5, 5.41) is 12.6. The molecule has 1 aliphatic heterocycles. The van der Waals surface area contributed by atoms with E-state index in [1.54, 1.807) is 23.9 Å². The van der Waals surface area contributed by atoms with E-state index in [-0.39, 0.29) is 23.7 Å². The maximum atomic E-state index is 12.5. The zero-order valence-corrected chi connectivity index (χ0v) is 16.1. The van der Waals surface area contributed by atoms with Gasteiger partial charge in [-0.3, -0.25) is 4.79 Å². The molecule has 3 rings (SSSR count). The first-order valence-corrected chi connectivity index (χ1v) is 9.97. The Bertz CT molecular complexity index is 746. The molecule has 5 heteroatoms. The number of phenolic OH excluding ortho intramolecular Hbond substituents is 1. The number of thioether (sulfide) groups is 1. The fraction of sp³-hybridized carbons (Fsp3) is 0.381. The van der Waals surface area contributed by atoms with Gasteiger partial charge in [0.1, 0.15) is 5.75 Å². The van der Waals surface area contributed by atoms with Crippen LogP contribution < -0.4 is 5.32 Å². The Morgan fingerprint density at radius 1 is 1.23 bits per heavy atom. The summed E-state index contributed by atoms with van der Waals surface area (Å²) >= 11 is 1.81. The number of fused-ring (bicyclic) bond motifs is 1. The van der Waals surface area contributed by atoms with Gasteiger partial charge in [0.05, 0.1) is 6.04 Å². The van der Waals surface area contributed by atoms with E-state index in [1.807, 2.05) is 38.4 Å². The Morgan fingerprint density at radius 3 is 2.69 bits per heavy atom. The highest BCUT2D eigenvalue weighted by molar-refractivity contribution is 7.99. The second-order valence-electron chi connectivity index (χ2n) is 7.00. The van der Waals surface area contributed by atoms with Gasteiger partial charge in [-0.2, -0.15) is 0 Å². The lowest BCUT2D eigenvalue weighted by Gasteiger charge is -2.24. The van der Waals surface area contributed by atoms with E-state index in [2.05, 4.69) is 22.3 Å². The van der Waals surface area contributed by atoms with E-state index < -0.39 is 0 Å². The van der Waals surface area contributed by atoms with Gasteiger partial charge in [-0.25, -0.2) is 0 Å². The first-order chi connectivity index (χ1) is 12.5. The smallest absolute Gasteiger partial charge is 0.220 e. The van der Waals surface area contributed by atoms with Crippen molar-refractivity contribution >= 4 is 17.7 Å². The van der Waals surface area contributed by atoms with Gasteiger partial charge in [-0.15, -0.1) is 11.8 Å². The third-order valence-corrected chi connectivity index (χ3v) is 6.06. The maximum Gasteiger partial charge on any atom is 0.220 e. The number of likely N-dealkylation sites (N-methyl/N-ethyl adjacent to an activating group) is 1. The molecule has 4 nitrogen and oxygen atoms in total. The molecule has 0 aliphatic carbocycles. The summed E-state index contributed by atoms with van der Waals surface area (Å²) in [5.41, 5.74) is 2.40. The van der Waals surface area contributed by atoms with Crippen molar-refractivity contribution in [3.63, 3.8) is 0 Å². The Morgan fingerprint density at radius 2 is 1.96 bits per heavy atom. The van der Waals surface area contributed by atoms with Crippen LogP contribution in [0, 0.1) is 0 Å². The molecular formula is C21H26N2O2S. The first-order valence-electron chi connectivity index (χ1n) is 8.98. The van der Waals surface area contributed by atoms with Crippen LogP contribution in [-0.2, 0) is 11.2 Å². The van der Waals surface area contributed by atoms with Crippen molar-refractivity contribution in [2.45, 2.75) is 36.2 Å². The summed E-state index contributed by atoms with van der Waals surface area (Å²) in [7, 11) is 4.10. The molecule has 2 atom stereocenters. The van der Waals surface area contributed by atoms with Crippen LogP contribution in [0.2, 0.25) is 0 Å². The highest BCUT2D eigenvalue weighted by atomic mass is 32.2. The molecule has 0 spiro atoms. The molecule has 2 aromatic rings. The summed E-state index contributed by atoms with van der Waals surface area (Å²) < 4.78 is 0. The largest absolute Gasteiger partial charge is 0.508 e. The van der Waals surface area contributed by atoms with Crippen LogP contribution in [0.25, 0.3) is 0 Å². The van der Waals surface area contributed by atoms with Gasteiger partial charge in [0, 0.05) is 23.1 Å². The molecule has 0 fully saturated rings. The van der Waals surface area contributed by atoms with Crippen LogP contribution in [0.1, 0.15) is 30.0 Å². The minimum absolute atomic E-state index is 0.116. The average Bonchev–Trinajstić information content (AvgIpc) is 3.03. The van der Waals surface area contributed by atoms with Gasteiger partial charge in [0.2, 0.25) is 5.91 Å². The molecule has 1 amide bonds. The SMILES string of the molecule is CN(C)[C@H](CCC(=O)NC1CSc2ccccc21)Cc1ccc(O)cc1. The number of phenols is 1. The van der Waals surface area contributed by atoms with Gasteiger partial charge < -0.3 is 15.3 Å². The lowest BCUT2D eigenvalue weighted by molar-refractivity contribution is -0.122. The molecule has 26 heavy (non-hydrogen) atoms. The van der Waals surface area contributed by atoms with Crippen molar-refractivity contribution in [2.24, 2.45) is 0 Å². The highest BCUT2D eigenvalue weighted by Crippen LogP contribution is 2.37. The third kappa shape index (κ3) is 4.80. The van der Waals surface area contributed by atoms with Gasteiger partial charge in [-0.05, 0) is 56.3 Å². The number of carbonyl (C=O) groups is 1. The number of hydrogen-bond acceptors (Lipinski definition) is 4. The Labute approximate surface area is 159 Å². The molecule has 0 aromatic heterocycles. The Kier molecular flexibility index (Phi) is 6.22. The molecule has 0 saturated heterocycles. The second-order valence-corrected chi connectivity index (χ2v) is 8.06. The third-order valence-electron chi connectivity index (χ3n) is 4.88. The average molecular weight is 371 g/mol. The van der Waals surface area contributed by atoms with Gasteiger partial charge >= 0.3 is 0 Å². The lowest BCUT2D eigenvalue weighted by Crippen LogP contribution is -2.33. The summed E-state index contributed by atoms with van der Waals surface area (Å²) in [6.45, 7) is 0. The molecular weight excluding hydrogens is 344 g/mol. The summed E-state index contributed by atoms with van der Waals surface area (Å²) in [6.07, 6.45) is 2.19. The maximum absolute atomic E-state index is 12.5. The Balaban J connectivity index is 1.52. The number of amides is 1. The predicted molar refractivity (Wildman–Crippen MR) is 107 cm³/mol. The molecule has 138 valence electrons. The fourth-order valence-corrected chi connectivity index (χ4v) is 4.45. The standard InChI is InChI=1S/C21H26N2O2S/c1-23(2)16(13-15-7-10-17(24)11-8-15)9-12-21(25)22-19-14-26-20-6-4-3-5-18(19)20/h3-8,10-11,16,19,24H,9,12-14H2,1-2H3,(H,22,25)/t16-,19?/m1/s1. The topological polar surface area (TPSA) is 52.6 Å². The molecule has 1 unspecified atom stereocenters. The number of hydrogen-bond donors (Lipinski definition) is 2. The zero-order valence-electron chi connectivity index (χ0n) is 15.3. The van der Waals surface area contributed by atoms with Gasteiger partial charge in [0.15, 0.2) is 0 Å². The molecule has 0 bridgehead atoms. The summed E-state index contributed by atoms with van der Waals surface area (Å²) in [6, 6.07) is 16.0. The molecule has 2 N–H and O–H groups in total. The quantitative estimate of drug-likeness (QED) is 0.782. The summed E-state index contributed by atoms with van der Waals surface area (Å²) in [5.74, 6) is 1.31. The van der Waals surface area contributed by atoms with Crippen molar-refractivity contribution in [2.75, 3.05) is 19.8 Å². The molecule has 0 radical (unpaired) electrons. The zero-order chi connectivity index (χ0) is 18.5. The highest BCUT2D eigenvalue weighted by Gasteiger charge is 2.24. The number of rotatable bonds is 7. The monoisotopic (exact) mass is 370 g/mol. The van der Waals surface area contributed by atoms with Crippen molar-refractivity contribution in [1.29, 1.82) is 0 Å². The number of nitrogens with one attached hydrogen (secondary N) is 1. The van der Waals surface area contributed by atoms with Crippen molar-refractivity contribution in [1.82, 2.24) is 10.2 Å². The minimum atomic E-state index is 0.116. The van der Waals surface area contributed by atoms with Crippen LogP contribution in [0.4, 0.5) is 0 Å². The second kappa shape index (κ2) is 8.60. The van der Waals surface area contributed by atoms with E-state index in [4.69, 9.17) is 0 Å². The number of nitrogens with zero attached hydrogens (tertiary/aromatic N) is 1. The van der Waals surface area contributed by atoms with Crippen molar-refractivity contribution in [3.8, 4) is 5.75 Å². The first kappa shape index (κ1) is 18.8. The van der Waals surface area contributed by atoms with Crippen LogP contribution >= 0.6 is 11.8 Å². The predicted octanol–water partition coefficient (Wildman–Crippen LogP) is 3.61. The van der Waals surface area contributed by atoms with Crippen molar-refractivity contribution < 1.29 is 9.90 Å². The number of benzene rings is 2. The van der Waals surface area contributed by atoms with E-state index in [0.717, 1.165) is 18.6 Å². The molecule has 1 aliphatic rings. The van der Waals surface area contributed by atoms with E-state index >= 15 is 0 Å². The normalized spacial score (nSPS) is 17.1. The number of carbonyl (C=O) groups excluding carboxylic acids is 1. The Hall–Kier alpha value is -1.98. The van der Waals surface area contributed by atoms with Gasteiger partial charge in [-0.1, -0.05) is 30.3 Å². The van der Waals surface area contributed by atoms with Crippen molar-refractivity contribution in [3.05, 3.63) is 59.7 Å². The molecule has 1 heterocycles. The van der Waals surface area contributed by atoms with Crippen LogP contribution in [0.3, 0.4) is 0 Å². The number of aromatic hydroxyl groups is 1. The van der Waals surface area contributed by atoms with E-state index in [1.165, 1.54) is 16.0 Å². The van der Waals surface area contributed by atoms with Crippen LogP contribution in [0.5, 0.6) is 5.75 Å². The molecule has 0 saturated carbocycles. The molecule has 2 aromatic carbocycles. The fourth-order valence-electron chi connectivity index (χ4n) is 3.29. The summed E-state index contributed by atoms with van der Waals surface area (Å²) in [4.78, 5) is 15.9. The van der Waals surface area contributed by atoms with E-state index in [9.17, 15) is 9.90 Å². The minimum Gasteiger partial charge on any atom is -0.508 e.